The quantitative estimate of drug-likeness (QED) is 0.376. The molecular formula is C28H39F3N2O. The molecule has 0 amide bonds. The number of nitrogens with one attached hydrogen (secondary N) is 1. The highest BCUT2D eigenvalue weighted by Gasteiger charge is 2.31. The number of aromatic amines is 1. The Bertz CT molecular complexity index is 1060. The van der Waals surface area contributed by atoms with Gasteiger partial charge in [-0.25, -0.2) is 13.2 Å². The van der Waals surface area contributed by atoms with E-state index in [1.165, 1.54) is 34.3 Å². The number of aromatic nitrogens is 1. The number of benzene rings is 2. The first-order valence-corrected chi connectivity index (χ1v) is 12.3. The van der Waals surface area contributed by atoms with E-state index in [1.54, 1.807) is 6.92 Å². The Morgan fingerprint density at radius 3 is 2.38 bits per heavy atom. The van der Waals surface area contributed by atoms with Crippen LogP contribution in [0, 0.1) is 11.6 Å². The van der Waals surface area contributed by atoms with Crippen LogP contribution in [0.3, 0.4) is 0 Å². The van der Waals surface area contributed by atoms with E-state index in [0.717, 1.165) is 31.9 Å². The van der Waals surface area contributed by atoms with Gasteiger partial charge in [-0.15, -0.1) is 0 Å². The van der Waals surface area contributed by atoms with Gasteiger partial charge in [0.1, 0.15) is 23.1 Å². The van der Waals surface area contributed by atoms with Crippen molar-refractivity contribution in [1.29, 1.82) is 0 Å². The van der Waals surface area contributed by atoms with Crippen molar-refractivity contribution in [2.24, 2.45) is 0 Å². The molecule has 3 aromatic rings. The van der Waals surface area contributed by atoms with Crippen molar-refractivity contribution in [3.05, 3.63) is 65.4 Å². The maximum atomic E-state index is 14.3. The van der Waals surface area contributed by atoms with Gasteiger partial charge in [0, 0.05) is 55.4 Å². The van der Waals surface area contributed by atoms with Crippen molar-refractivity contribution in [3.63, 3.8) is 0 Å². The molecule has 0 saturated carbocycles. The Morgan fingerprint density at radius 2 is 1.76 bits per heavy atom. The first kappa shape index (κ1) is 26.1. The number of hydrogen-bond donors (Lipinski definition) is 1. The first-order valence-electron chi connectivity index (χ1n) is 12.3. The van der Waals surface area contributed by atoms with E-state index < -0.39 is 17.3 Å². The Hall–Kier alpha value is -2.47. The zero-order chi connectivity index (χ0) is 24.9. The molecule has 34 heavy (non-hydrogen) atoms. The third kappa shape index (κ3) is 6.56. The van der Waals surface area contributed by atoms with Gasteiger partial charge in [-0.2, -0.15) is 0 Å². The third-order valence-electron chi connectivity index (χ3n) is 6.71. The monoisotopic (exact) mass is 476 g/mol. The largest absolute Gasteiger partial charge is 0.490 e. The lowest BCUT2D eigenvalue weighted by atomic mass is 9.95. The number of para-hydroxylation sites is 1. The minimum absolute atomic E-state index is 0. The molecule has 0 aliphatic carbocycles. The van der Waals surface area contributed by atoms with Gasteiger partial charge in [0.25, 0.3) is 0 Å². The van der Waals surface area contributed by atoms with Crippen LogP contribution in [0.4, 0.5) is 13.2 Å². The maximum Gasteiger partial charge on any atom is 0.129 e. The second-order valence-corrected chi connectivity index (χ2v) is 9.51. The lowest BCUT2D eigenvalue weighted by Crippen LogP contribution is -2.45. The van der Waals surface area contributed by atoms with Crippen LogP contribution in [0.25, 0.3) is 10.9 Å². The fraction of sp³-hybridized carbons (Fsp3) is 0.500. The summed E-state index contributed by atoms with van der Waals surface area (Å²) >= 11 is 0. The second kappa shape index (κ2) is 11.3. The third-order valence-corrected chi connectivity index (χ3v) is 6.71. The molecule has 0 spiro atoms. The lowest BCUT2D eigenvalue weighted by molar-refractivity contribution is 0.0701. The van der Waals surface area contributed by atoms with Crippen LogP contribution in [0.5, 0.6) is 5.75 Å². The summed E-state index contributed by atoms with van der Waals surface area (Å²) in [6.45, 7) is 11.1. The van der Waals surface area contributed by atoms with Gasteiger partial charge >= 0.3 is 0 Å². The highest BCUT2D eigenvalue weighted by atomic mass is 19.1. The topological polar surface area (TPSA) is 28.3 Å². The van der Waals surface area contributed by atoms with Gasteiger partial charge in [-0.3, -0.25) is 4.90 Å². The van der Waals surface area contributed by atoms with Gasteiger partial charge in [0.2, 0.25) is 0 Å². The van der Waals surface area contributed by atoms with Crippen LogP contribution < -0.4 is 4.74 Å². The zero-order valence-electron chi connectivity index (χ0n) is 20.9. The number of rotatable bonds is 7. The zero-order valence-corrected chi connectivity index (χ0v) is 20.9. The van der Waals surface area contributed by atoms with Crippen molar-refractivity contribution in [2.45, 2.75) is 84.7 Å². The minimum Gasteiger partial charge on any atom is -0.490 e. The van der Waals surface area contributed by atoms with Crippen LogP contribution in [0.1, 0.15) is 66.6 Å². The summed E-state index contributed by atoms with van der Waals surface area (Å²) in [5, 5.41) is 1.33. The molecule has 0 bridgehead atoms. The van der Waals surface area contributed by atoms with Gasteiger partial charge < -0.3 is 9.72 Å². The molecule has 2 heterocycles. The summed E-state index contributed by atoms with van der Waals surface area (Å²) in [4.78, 5) is 5.77. The number of hydrogen-bond acceptors (Lipinski definition) is 2. The van der Waals surface area contributed by atoms with E-state index in [2.05, 4.69) is 41.1 Å². The van der Waals surface area contributed by atoms with E-state index in [4.69, 9.17) is 4.74 Å². The smallest absolute Gasteiger partial charge is 0.129 e. The van der Waals surface area contributed by atoms with Crippen LogP contribution in [0.2, 0.25) is 0 Å². The molecule has 1 aliphatic heterocycles. The SMILES string of the molecule is CCC(CC)Oc1cc(F)cc(F)c1.CC[C@](C)(F)CN1Cc2[nH]c3ccccc3c2C[C@H]1C.[HH]. The van der Waals surface area contributed by atoms with Crippen molar-refractivity contribution in [3.8, 4) is 5.75 Å². The lowest BCUT2D eigenvalue weighted by Gasteiger charge is -2.37. The molecule has 188 valence electrons. The average Bonchev–Trinajstić information content (AvgIpc) is 3.14. The predicted molar refractivity (Wildman–Crippen MR) is 135 cm³/mol. The number of nitrogens with zero attached hydrogens (tertiary/aromatic N) is 1. The Morgan fingerprint density at radius 1 is 1.12 bits per heavy atom. The molecular weight excluding hydrogens is 437 g/mol. The summed E-state index contributed by atoms with van der Waals surface area (Å²) in [6.07, 6.45) is 3.24. The minimum atomic E-state index is -1.10. The molecule has 1 N–H and O–H groups in total. The highest BCUT2D eigenvalue weighted by Crippen LogP contribution is 2.31. The predicted octanol–water partition coefficient (Wildman–Crippen LogP) is 7.83. The molecule has 6 heteroatoms. The molecule has 2 atom stereocenters. The van der Waals surface area contributed by atoms with Gasteiger partial charge in [-0.1, -0.05) is 39.0 Å². The Kier molecular flexibility index (Phi) is 8.69. The van der Waals surface area contributed by atoms with E-state index in [0.29, 0.717) is 19.0 Å². The fourth-order valence-electron chi connectivity index (χ4n) is 4.40. The van der Waals surface area contributed by atoms with E-state index >= 15 is 0 Å². The fourth-order valence-corrected chi connectivity index (χ4v) is 4.40. The van der Waals surface area contributed by atoms with Crippen molar-refractivity contribution in [1.82, 2.24) is 9.88 Å². The molecule has 0 unspecified atom stereocenters. The summed E-state index contributed by atoms with van der Waals surface area (Å²) < 4.78 is 45.2. The van der Waals surface area contributed by atoms with Crippen LogP contribution in [0.15, 0.2) is 42.5 Å². The second-order valence-electron chi connectivity index (χ2n) is 9.51. The van der Waals surface area contributed by atoms with Crippen molar-refractivity contribution < 1.29 is 19.3 Å². The number of H-pyrrole nitrogens is 1. The standard InChI is InChI=1S/C17H23FN2.C11H14F2O.H2/c1-4-17(3,18)11-20-10-16-14(9-12(20)2)13-7-5-6-8-15(13)19-16;1-3-10(4-2)14-11-6-8(12)5-9(13)7-11;/h5-8,12,19H,4,9-11H2,1-3H3;5-7,10H,3-4H2,1-2H3;1H/t12-,17+;;/m1../s1. The van der Waals surface area contributed by atoms with E-state index in [9.17, 15) is 13.2 Å². The van der Waals surface area contributed by atoms with Gasteiger partial charge in [-0.05, 0) is 51.2 Å². The van der Waals surface area contributed by atoms with E-state index in [1.807, 2.05) is 20.8 Å². The van der Waals surface area contributed by atoms with Crippen molar-refractivity contribution in [2.75, 3.05) is 6.54 Å². The molecule has 0 saturated heterocycles. The maximum absolute atomic E-state index is 14.3. The van der Waals surface area contributed by atoms with Crippen LogP contribution >= 0.6 is 0 Å². The van der Waals surface area contributed by atoms with Crippen LogP contribution in [-0.4, -0.2) is 34.2 Å². The molecule has 2 aromatic carbocycles. The van der Waals surface area contributed by atoms with Crippen molar-refractivity contribution >= 4 is 10.9 Å². The number of alkyl halides is 1. The number of ether oxygens (including phenoxy) is 1. The molecule has 0 fully saturated rings. The Balaban J connectivity index is 0.000000256. The molecule has 0 radical (unpaired) electrons. The van der Waals surface area contributed by atoms with Crippen LogP contribution in [-0.2, 0) is 13.0 Å². The first-order chi connectivity index (χ1) is 16.2. The normalized spacial score (nSPS) is 17.7. The summed E-state index contributed by atoms with van der Waals surface area (Å²) in [7, 11) is 0. The summed E-state index contributed by atoms with van der Waals surface area (Å²) in [5.41, 5.74) is 2.78. The number of halogens is 3. The molecule has 1 aliphatic rings. The average molecular weight is 477 g/mol. The summed E-state index contributed by atoms with van der Waals surface area (Å²) in [5.74, 6) is -0.951. The van der Waals surface area contributed by atoms with E-state index in [-0.39, 0.29) is 13.3 Å². The number of fused-ring (bicyclic) bond motifs is 3. The Labute approximate surface area is 202 Å². The molecule has 1 aromatic heterocycles. The summed E-state index contributed by atoms with van der Waals surface area (Å²) in [6, 6.07) is 12.1. The van der Waals surface area contributed by atoms with Gasteiger partial charge in [0.05, 0.1) is 6.10 Å². The van der Waals surface area contributed by atoms with Gasteiger partial charge in [0.15, 0.2) is 0 Å². The molecule has 4 rings (SSSR count). The highest BCUT2D eigenvalue weighted by molar-refractivity contribution is 5.84. The molecule has 3 nitrogen and oxygen atoms in total.